The van der Waals surface area contributed by atoms with Crippen molar-refractivity contribution in [1.29, 1.82) is 0 Å². The Morgan fingerprint density at radius 2 is 1.75 bits per heavy atom. The van der Waals surface area contributed by atoms with Gasteiger partial charge < -0.3 is 0 Å². The third-order valence-electron chi connectivity index (χ3n) is 2.69. The van der Waals surface area contributed by atoms with Gasteiger partial charge in [-0.05, 0) is 22.7 Å². The maximum Gasteiger partial charge on any atom is 0.118 e. The topological polar surface area (TPSA) is 42.3 Å². The predicted octanol–water partition coefficient (Wildman–Crippen LogP) is 3.79. The first-order chi connectivity index (χ1) is 7.90. The first-order valence-corrected chi connectivity index (χ1v) is 5.00. The molecular weight excluding hydrogens is 200 g/mol. The lowest BCUT2D eigenvalue weighted by Gasteiger charge is -2.03. The molecule has 1 aromatic heterocycles. The highest BCUT2D eigenvalue weighted by atomic mass is 16.3. The normalized spacial score (nSPS) is 10.8. The van der Waals surface area contributed by atoms with Crippen molar-refractivity contribution in [2.45, 2.75) is 0 Å². The lowest BCUT2D eigenvalue weighted by atomic mass is 10.0. The van der Waals surface area contributed by atoms with Crippen LogP contribution in [-0.2, 0) is 0 Å². The van der Waals surface area contributed by atoms with E-state index in [0.29, 0.717) is 5.69 Å². The molecule has 0 saturated carbocycles. The molecule has 3 rings (SSSR count). The molecule has 0 aliphatic rings. The summed E-state index contributed by atoms with van der Waals surface area (Å²) in [6.45, 7) is 0. The molecule has 1 heterocycles. The molecule has 0 unspecified atom stereocenters. The zero-order valence-electron chi connectivity index (χ0n) is 8.42. The second-order valence-corrected chi connectivity index (χ2v) is 3.61. The lowest BCUT2D eigenvalue weighted by molar-refractivity contribution is 1.42. The highest BCUT2D eigenvalue weighted by Gasteiger charge is 2.06. The van der Waals surface area contributed by atoms with E-state index in [0.717, 1.165) is 21.7 Å². The molecule has 0 aliphatic carbocycles. The number of nitrogens with zero attached hydrogens (tertiary/aromatic N) is 2. The molecule has 0 radical (unpaired) electrons. The lowest BCUT2D eigenvalue weighted by Crippen LogP contribution is -1.81. The van der Waals surface area contributed by atoms with Gasteiger partial charge >= 0.3 is 0 Å². The minimum Gasteiger partial charge on any atom is -0.256 e. The van der Waals surface area contributed by atoms with Gasteiger partial charge in [0.1, 0.15) is 5.69 Å². The Balaban J connectivity index is 2.62. The number of hydrogen-bond donors (Lipinski definition) is 0. The van der Waals surface area contributed by atoms with E-state index in [4.69, 9.17) is 0 Å². The molecule has 0 spiro atoms. The van der Waals surface area contributed by atoms with E-state index < -0.39 is 0 Å². The fraction of sp³-hybridized carbons (Fsp3) is 0. The SMILES string of the molecule is O=Nc1cccc2ccc3cccnc3c12. The third kappa shape index (κ3) is 1.18. The predicted molar refractivity (Wildman–Crippen MR) is 64.7 cm³/mol. The Hall–Kier alpha value is -2.29. The van der Waals surface area contributed by atoms with Crippen molar-refractivity contribution in [3.63, 3.8) is 0 Å². The van der Waals surface area contributed by atoms with Crippen molar-refractivity contribution >= 4 is 27.4 Å². The highest BCUT2D eigenvalue weighted by molar-refractivity contribution is 6.10. The van der Waals surface area contributed by atoms with E-state index in [1.807, 2.05) is 36.4 Å². The van der Waals surface area contributed by atoms with E-state index in [1.165, 1.54) is 0 Å². The van der Waals surface area contributed by atoms with Crippen LogP contribution in [0.1, 0.15) is 0 Å². The Morgan fingerprint density at radius 3 is 2.62 bits per heavy atom. The van der Waals surface area contributed by atoms with Gasteiger partial charge in [0.2, 0.25) is 0 Å². The van der Waals surface area contributed by atoms with Crippen LogP contribution in [0.25, 0.3) is 21.7 Å². The summed E-state index contributed by atoms with van der Waals surface area (Å²) in [6, 6.07) is 13.3. The van der Waals surface area contributed by atoms with Crippen molar-refractivity contribution in [3.8, 4) is 0 Å². The summed E-state index contributed by atoms with van der Waals surface area (Å²) >= 11 is 0. The minimum absolute atomic E-state index is 0.446. The Labute approximate surface area is 91.7 Å². The summed E-state index contributed by atoms with van der Waals surface area (Å²) in [5.74, 6) is 0. The summed E-state index contributed by atoms with van der Waals surface area (Å²) in [5.41, 5.74) is 1.28. The molecule has 3 aromatic rings. The van der Waals surface area contributed by atoms with Gasteiger partial charge in [-0.1, -0.05) is 30.3 Å². The summed E-state index contributed by atoms with van der Waals surface area (Å²) < 4.78 is 0. The third-order valence-corrected chi connectivity index (χ3v) is 2.69. The number of benzene rings is 2. The molecule has 0 atom stereocenters. The fourth-order valence-electron chi connectivity index (χ4n) is 1.97. The quantitative estimate of drug-likeness (QED) is 0.451. The van der Waals surface area contributed by atoms with Crippen LogP contribution in [0.2, 0.25) is 0 Å². The smallest absolute Gasteiger partial charge is 0.118 e. The van der Waals surface area contributed by atoms with Gasteiger partial charge in [0, 0.05) is 17.0 Å². The van der Waals surface area contributed by atoms with Gasteiger partial charge in [-0.25, -0.2) is 0 Å². The van der Waals surface area contributed by atoms with E-state index in [9.17, 15) is 4.91 Å². The van der Waals surface area contributed by atoms with Crippen LogP contribution < -0.4 is 0 Å². The first kappa shape index (κ1) is 8.97. The van der Waals surface area contributed by atoms with Crippen LogP contribution in [-0.4, -0.2) is 4.98 Å². The van der Waals surface area contributed by atoms with Crippen LogP contribution in [0.3, 0.4) is 0 Å². The molecule has 0 amide bonds. The van der Waals surface area contributed by atoms with Gasteiger partial charge in [0.05, 0.1) is 5.52 Å². The van der Waals surface area contributed by atoms with Crippen LogP contribution in [0.4, 0.5) is 5.69 Å². The van der Waals surface area contributed by atoms with Gasteiger partial charge in [-0.2, -0.15) is 0 Å². The summed E-state index contributed by atoms with van der Waals surface area (Å²) in [4.78, 5) is 15.1. The molecule has 0 aliphatic heterocycles. The Bertz CT molecular complexity index is 692. The zero-order chi connectivity index (χ0) is 11.0. The Morgan fingerprint density at radius 1 is 0.938 bits per heavy atom. The van der Waals surface area contributed by atoms with Crippen molar-refractivity contribution in [2.24, 2.45) is 5.18 Å². The van der Waals surface area contributed by atoms with E-state index in [2.05, 4.69) is 10.2 Å². The second-order valence-electron chi connectivity index (χ2n) is 3.61. The number of fused-ring (bicyclic) bond motifs is 3. The number of hydrogen-bond acceptors (Lipinski definition) is 3. The van der Waals surface area contributed by atoms with Crippen LogP contribution >= 0.6 is 0 Å². The molecule has 76 valence electrons. The second kappa shape index (κ2) is 3.38. The fourth-order valence-corrected chi connectivity index (χ4v) is 1.97. The van der Waals surface area contributed by atoms with Crippen molar-refractivity contribution in [2.75, 3.05) is 0 Å². The van der Waals surface area contributed by atoms with Crippen molar-refractivity contribution in [3.05, 3.63) is 53.6 Å². The maximum absolute atomic E-state index is 10.8. The Kier molecular flexibility index (Phi) is 1.90. The molecule has 0 bridgehead atoms. The van der Waals surface area contributed by atoms with E-state index in [1.54, 1.807) is 12.3 Å². The minimum atomic E-state index is 0.446. The van der Waals surface area contributed by atoms with E-state index >= 15 is 0 Å². The number of rotatable bonds is 1. The molecular formula is C13H8N2O. The number of pyridine rings is 1. The van der Waals surface area contributed by atoms with Crippen LogP contribution in [0, 0.1) is 4.91 Å². The molecule has 0 fully saturated rings. The molecule has 16 heavy (non-hydrogen) atoms. The zero-order valence-corrected chi connectivity index (χ0v) is 8.42. The van der Waals surface area contributed by atoms with Gasteiger partial charge in [-0.15, -0.1) is 4.91 Å². The summed E-state index contributed by atoms with van der Waals surface area (Å²) in [5, 5.41) is 5.90. The molecule has 3 heteroatoms. The van der Waals surface area contributed by atoms with Crippen LogP contribution in [0.15, 0.2) is 53.8 Å². The standard InChI is InChI=1S/C13H8N2O/c16-15-11-5-1-3-9-6-7-10-4-2-8-14-13(10)12(9)11/h1-8H. The van der Waals surface area contributed by atoms with Gasteiger partial charge in [-0.3, -0.25) is 4.98 Å². The van der Waals surface area contributed by atoms with Crippen LogP contribution in [0.5, 0.6) is 0 Å². The van der Waals surface area contributed by atoms with Gasteiger partial charge in [0.15, 0.2) is 0 Å². The summed E-state index contributed by atoms with van der Waals surface area (Å²) in [7, 11) is 0. The van der Waals surface area contributed by atoms with E-state index in [-0.39, 0.29) is 0 Å². The maximum atomic E-state index is 10.8. The average molecular weight is 208 g/mol. The molecule has 2 aromatic carbocycles. The van der Waals surface area contributed by atoms with Gasteiger partial charge in [0.25, 0.3) is 0 Å². The average Bonchev–Trinajstić information content (AvgIpc) is 2.37. The molecule has 0 N–H and O–H groups in total. The first-order valence-electron chi connectivity index (χ1n) is 5.00. The van der Waals surface area contributed by atoms with Crippen molar-refractivity contribution < 1.29 is 0 Å². The summed E-state index contributed by atoms with van der Waals surface area (Å²) in [6.07, 6.45) is 1.73. The largest absolute Gasteiger partial charge is 0.256 e. The number of aromatic nitrogens is 1. The number of nitroso groups, excluding NO2 is 1. The molecule has 3 nitrogen and oxygen atoms in total. The monoisotopic (exact) mass is 208 g/mol. The highest BCUT2D eigenvalue weighted by Crippen LogP contribution is 2.31. The molecule has 0 saturated heterocycles. The van der Waals surface area contributed by atoms with Crippen molar-refractivity contribution in [1.82, 2.24) is 4.98 Å².